The van der Waals surface area contributed by atoms with E-state index in [1.165, 1.54) is 0 Å². The molecule has 4 atom stereocenters. The number of aliphatic hydroxyl groups is 2. The average Bonchev–Trinajstić information content (AvgIpc) is 2.70. The maximum Gasteiger partial charge on any atom is 0.168 e. The molecule has 2 heterocycles. The summed E-state index contributed by atoms with van der Waals surface area (Å²) < 4.78 is 11.8. The van der Waals surface area contributed by atoms with Gasteiger partial charge in [0.15, 0.2) is 5.78 Å². The molecule has 2 N–H and O–H groups in total. The second-order valence-electron chi connectivity index (χ2n) is 7.69. The molecule has 3 rings (SSSR count). The Morgan fingerprint density at radius 3 is 2.62 bits per heavy atom. The Morgan fingerprint density at radius 2 is 2.00 bits per heavy atom. The fraction of sp³-hybridized carbons (Fsp3) is 0.812. The number of hydrogen-bond acceptors (Lipinski definition) is 5. The van der Waals surface area contributed by atoms with E-state index in [1.54, 1.807) is 13.8 Å². The monoisotopic (exact) mass is 296 g/mol. The van der Waals surface area contributed by atoms with Gasteiger partial charge in [-0.05, 0) is 40.0 Å². The van der Waals surface area contributed by atoms with Crippen molar-refractivity contribution in [1.82, 2.24) is 0 Å². The highest BCUT2D eigenvalue weighted by Crippen LogP contribution is 2.46. The second kappa shape index (κ2) is 4.54. The van der Waals surface area contributed by atoms with E-state index < -0.39 is 23.4 Å². The van der Waals surface area contributed by atoms with Crippen molar-refractivity contribution in [3.63, 3.8) is 0 Å². The molecule has 0 aromatic heterocycles. The summed E-state index contributed by atoms with van der Waals surface area (Å²) in [6, 6.07) is 0. The molecule has 0 aromatic carbocycles. The van der Waals surface area contributed by atoms with Crippen molar-refractivity contribution in [3.8, 4) is 0 Å². The third-order valence-corrected chi connectivity index (χ3v) is 4.73. The number of hydrogen-bond donors (Lipinski definition) is 2. The molecule has 1 aliphatic carbocycles. The summed E-state index contributed by atoms with van der Waals surface area (Å²) in [6.45, 7) is 7.19. The van der Waals surface area contributed by atoms with Gasteiger partial charge >= 0.3 is 0 Å². The van der Waals surface area contributed by atoms with Gasteiger partial charge in [0.1, 0.15) is 17.5 Å². The van der Waals surface area contributed by atoms with Crippen molar-refractivity contribution in [3.05, 3.63) is 11.3 Å². The molecular formula is C16H24O5. The molecule has 0 bridgehead atoms. The average molecular weight is 296 g/mol. The quantitative estimate of drug-likeness (QED) is 0.763. The van der Waals surface area contributed by atoms with Crippen LogP contribution >= 0.6 is 0 Å². The highest BCUT2D eigenvalue weighted by atomic mass is 16.5. The molecule has 3 aliphatic rings. The first kappa shape index (κ1) is 15.0. The lowest BCUT2D eigenvalue weighted by molar-refractivity contribution is -0.134. The molecule has 21 heavy (non-hydrogen) atoms. The smallest absolute Gasteiger partial charge is 0.168 e. The molecular weight excluding hydrogens is 272 g/mol. The molecule has 0 spiro atoms. The fourth-order valence-corrected chi connectivity index (χ4v) is 3.70. The van der Waals surface area contributed by atoms with Crippen molar-refractivity contribution < 1.29 is 24.5 Å². The normalized spacial score (nSPS) is 38.9. The minimum absolute atomic E-state index is 0.0532. The Bertz CT molecular complexity index is 499. The third-order valence-electron chi connectivity index (χ3n) is 4.73. The van der Waals surface area contributed by atoms with Crippen LogP contribution in [0, 0.1) is 5.92 Å². The Labute approximate surface area is 124 Å². The number of carbonyl (C=O) groups is 1. The van der Waals surface area contributed by atoms with Crippen molar-refractivity contribution in [2.45, 2.75) is 76.5 Å². The number of ketones is 1. The summed E-state index contributed by atoms with van der Waals surface area (Å²) in [4.78, 5) is 12.3. The number of aliphatic hydroxyl groups excluding tert-OH is 1. The number of ether oxygens (including phenoxy) is 2. The van der Waals surface area contributed by atoms with E-state index in [0.29, 0.717) is 24.2 Å². The third kappa shape index (κ3) is 2.51. The van der Waals surface area contributed by atoms with Crippen LogP contribution in [0.3, 0.4) is 0 Å². The summed E-state index contributed by atoms with van der Waals surface area (Å²) in [7, 11) is 0. The molecule has 0 radical (unpaired) electrons. The molecule has 5 heteroatoms. The first-order chi connectivity index (χ1) is 9.58. The number of carbonyl (C=O) groups excluding carboxylic acids is 1. The van der Waals surface area contributed by atoms with Gasteiger partial charge in [-0.2, -0.15) is 0 Å². The van der Waals surface area contributed by atoms with Gasteiger partial charge in [0, 0.05) is 6.42 Å². The molecule has 1 fully saturated rings. The fourth-order valence-electron chi connectivity index (χ4n) is 3.70. The Hall–Kier alpha value is -0.910. The van der Waals surface area contributed by atoms with Gasteiger partial charge in [0.25, 0.3) is 0 Å². The van der Waals surface area contributed by atoms with E-state index >= 15 is 0 Å². The van der Waals surface area contributed by atoms with Crippen molar-refractivity contribution in [2.24, 2.45) is 5.92 Å². The van der Waals surface area contributed by atoms with Crippen LogP contribution in [0.1, 0.15) is 47.0 Å². The number of rotatable bonds is 1. The Balaban J connectivity index is 1.88. The van der Waals surface area contributed by atoms with Crippen LogP contribution in [-0.2, 0) is 14.3 Å². The molecule has 2 aliphatic heterocycles. The highest BCUT2D eigenvalue weighted by molar-refractivity contribution is 5.98. The largest absolute Gasteiger partial charge is 0.491 e. The lowest BCUT2D eigenvalue weighted by Gasteiger charge is -2.40. The van der Waals surface area contributed by atoms with Crippen LogP contribution in [0.5, 0.6) is 0 Å². The van der Waals surface area contributed by atoms with Gasteiger partial charge in [-0.25, -0.2) is 0 Å². The summed E-state index contributed by atoms with van der Waals surface area (Å²) in [5.41, 5.74) is -1.09. The van der Waals surface area contributed by atoms with Crippen LogP contribution in [0.25, 0.3) is 0 Å². The van der Waals surface area contributed by atoms with Gasteiger partial charge in [0.2, 0.25) is 0 Å². The minimum Gasteiger partial charge on any atom is -0.491 e. The highest BCUT2D eigenvalue weighted by Gasteiger charge is 2.52. The zero-order chi connectivity index (χ0) is 15.6. The van der Waals surface area contributed by atoms with Crippen LogP contribution < -0.4 is 0 Å². The van der Waals surface area contributed by atoms with E-state index in [-0.39, 0.29) is 24.2 Å². The number of fused-ring (bicyclic) bond motifs is 1. The van der Waals surface area contributed by atoms with Crippen molar-refractivity contribution in [2.75, 3.05) is 0 Å². The number of Topliss-reactive ketones (excluding diaryl/α,β-unsaturated/α-hetero) is 1. The first-order valence-electron chi connectivity index (χ1n) is 7.60. The molecule has 1 saturated heterocycles. The molecule has 0 amide bonds. The number of allylic oxidation sites excluding steroid dienone is 1. The van der Waals surface area contributed by atoms with Crippen LogP contribution in [0.15, 0.2) is 11.3 Å². The lowest BCUT2D eigenvalue weighted by Crippen LogP contribution is -2.46. The maximum atomic E-state index is 12.3. The zero-order valence-electron chi connectivity index (χ0n) is 13.0. The first-order valence-corrected chi connectivity index (χ1v) is 7.60. The van der Waals surface area contributed by atoms with Crippen LogP contribution in [0.2, 0.25) is 0 Å². The van der Waals surface area contributed by atoms with Crippen molar-refractivity contribution in [1.29, 1.82) is 0 Å². The predicted octanol–water partition coefficient (Wildman–Crippen LogP) is 1.32. The summed E-state index contributed by atoms with van der Waals surface area (Å²) in [5, 5.41) is 20.7. The maximum absolute atomic E-state index is 12.3. The van der Waals surface area contributed by atoms with E-state index in [9.17, 15) is 15.0 Å². The minimum atomic E-state index is -0.957. The van der Waals surface area contributed by atoms with Crippen LogP contribution in [-0.4, -0.2) is 45.5 Å². The van der Waals surface area contributed by atoms with E-state index in [0.717, 1.165) is 0 Å². The molecule has 118 valence electrons. The van der Waals surface area contributed by atoms with Crippen LogP contribution in [0.4, 0.5) is 0 Å². The molecule has 0 unspecified atom stereocenters. The summed E-state index contributed by atoms with van der Waals surface area (Å²) in [5.74, 6) is 0.643. The van der Waals surface area contributed by atoms with Gasteiger partial charge in [-0.1, -0.05) is 0 Å². The van der Waals surface area contributed by atoms with Gasteiger partial charge in [0.05, 0.1) is 29.8 Å². The Morgan fingerprint density at radius 1 is 1.33 bits per heavy atom. The molecule has 5 nitrogen and oxygen atoms in total. The summed E-state index contributed by atoms with van der Waals surface area (Å²) in [6.07, 6.45) is -0.163. The van der Waals surface area contributed by atoms with E-state index in [4.69, 9.17) is 9.47 Å². The topological polar surface area (TPSA) is 76.0 Å². The van der Waals surface area contributed by atoms with Gasteiger partial charge in [-0.15, -0.1) is 0 Å². The molecule has 0 aromatic rings. The van der Waals surface area contributed by atoms with Gasteiger partial charge < -0.3 is 19.7 Å². The standard InChI is InChI=1S/C16H24O5/c1-15(2)7-9(17)12-10(21-15)5-8-6-11(16(3,4)19)20-14(8)13(12)18/h8,11,13-14,18-19H,5-7H2,1-4H3/t8-,11-,13+,14-/m0/s1. The predicted molar refractivity (Wildman–Crippen MR) is 75.5 cm³/mol. The SMILES string of the molecule is CC1(C)CC(=O)C2=C(C[C@H]3C[C@@H](C(C)(C)O)O[C@@H]3[C@@H]2O)O1. The Kier molecular flexibility index (Phi) is 3.24. The van der Waals surface area contributed by atoms with Crippen molar-refractivity contribution >= 4 is 5.78 Å². The lowest BCUT2D eigenvalue weighted by atomic mass is 9.77. The van der Waals surface area contributed by atoms with Gasteiger partial charge in [-0.3, -0.25) is 4.79 Å². The van der Waals surface area contributed by atoms with E-state index in [1.807, 2.05) is 13.8 Å². The molecule has 0 saturated carbocycles. The second-order valence-corrected chi connectivity index (χ2v) is 7.69. The summed E-state index contributed by atoms with van der Waals surface area (Å²) >= 11 is 0. The van der Waals surface area contributed by atoms with E-state index in [2.05, 4.69) is 0 Å². The zero-order valence-corrected chi connectivity index (χ0v) is 13.0.